The van der Waals surface area contributed by atoms with Crippen molar-refractivity contribution in [2.24, 2.45) is 0 Å². The van der Waals surface area contributed by atoms with Crippen LogP contribution in [-0.2, 0) is 23.4 Å². The molecule has 0 aliphatic heterocycles. The molecule has 3 N–H and O–H groups in total. The van der Waals surface area contributed by atoms with Crippen molar-refractivity contribution in [2.75, 3.05) is 13.3 Å². The van der Waals surface area contributed by atoms with Gasteiger partial charge in [-0.25, -0.2) is 13.8 Å². The molecule has 5 atom stereocenters. The van der Waals surface area contributed by atoms with Crippen LogP contribution in [-0.4, -0.2) is 57.7 Å². The van der Waals surface area contributed by atoms with Crippen molar-refractivity contribution in [3.8, 4) is 5.75 Å². The molecule has 0 saturated carbocycles. The molecular formula is C23H32ClFN3O9P. The number of aliphatic hydroxyl groups excluding tert-OH is 1. The molecule has 0 aliphatic rings. The average molecular weight is 580 g/mol. The highest BCUT2D eigenvalue weighted by Crippen LogP contribution is 2.45. The van der Waals surface area contributed by atoms with Crippen LogP contribution >= 0.6 is 19.3 Å². The summed E-state index contributed by atoms with van der Waals surface area (Å²) in [7, 11) is -4.36. The summed E-state index contributed by atoms with van der Waals surface area (Å²) in [6.07, 6.45) is -1.30. The van der Waals surface area contributed by atoms with Crippen molar-refractivity contribution in [3.05, 3.63) is 63.4 Å². The van der Waals surface area contributed by atoms with Gasteiger partial charge in [-0.1, -0.05) is 43.6 Å². The Morgan fingerprint density at radius 1 is 1.21 bits per heavy atom. The minimum atomic E-state index is -4.36. The number of nitrogens with zero attached hydrogens (tertiary/aromatic N) is 1. The number of aliphatic hydroxyl groups is 1. The predicted molar refractivity (Wildman–Crippen MR) is 137 cm³/mol. The van der Waals surface area contributed by atoms with E-state index in [1.165, 1.54) is 19.1 Å². The number of nitrogens with one attached hydrogen (secondary N) is 2. The zero-order valence-corrected chi connectivity index (χ0v) is 22.8. The minimum absolute atomic E-state index is 0.134. The number of carbonyl (C=O) groups is 1. The summed E-state index contributed by atoms with van der Waals surface area (Å²) in [5.41, 5.74) is -3.47. The number of ether oxygens (including phenoxy) is 2. The molecule has 0 saturated heterocycles. The van der Waals surface area contributed by atoms with Crippen molar-refractivity contribution >= 4 is 25.3 Å². The van der Waals surface area contributed by atoms with Crippen molar-refractivity contribution in [2.45, 2.75) is 63.7 Å². The fourth-order valence-electron chi connectivity index (χ4n) is 3.11. The van der Waals surface area contributed by atoms with Crippen LogP contribution in [0.15, 0.2) is 52.2 Å². The Hall–Kier alpha value is -2.54. The average Bonchev–Trinajstić information content (AvgIpc) is 2.88. The van der Waals surface area contributed by atoms with E-state index in [-0.39, 0.29) is 11.9 Å². The lowest BCUT2D eigenvalue weighted by Crippen LogP contribution is -2.40. The lowest BCUT2D eigenvalue weighted by molar-refractivity contribution is -0.151. The zero-order chi connectivity index (χ0) is 28.3. The van der Waals surface area contributed by atoms with E-state index in [1.54, 1.807) is 18.2 Å². The summed E-state index contributed by atoms with van der Waals surface area (Å²) < 4.78 is 49.9. The van der Waals surface area contributed by atoms with Crippen LogP contribution in [0.5, 0.6) is 5.75 Å². The van der Waals surface area contributed by atoms with Crippen LogP contribution in [0.1, 0.15) is 39.8 Å². The third-order valence-electron chi connectivity index (χ3n) is 5.21. The molecule has 0 bridgehead atoms. The molecule has 1 unspecified atom stereocenters. The number of esters is 1. The molecule has 2 rings (SSSR count). The maximum Gasteiger partial charge on any atom is 0.459 e. The second-order valence-electron chi connectivity index (χ2n) is 8.10. The molecule has 212 valence electrons. The Kier molecular flexibility index (Phi) is 12.6. The molecular weight excluding hydrogens is 548 g/mol. The standard InChI is InChI=1S/C23H32ClFN3O9P/c1-4-16(5-2)35-22(31)15(3)27-38(33,37-17-9-7-6-8-10-17)34-14-18(21(24)30)36-20(13-25)28-12-11-19(29)26-23(28)32/h6-12,15-16,18,20-21,30H,4-5,13-14H2,1-3H3,(H,27,33)(H,26,29,32)/t15-,18+,20+,21+,38?/m0/s1. The van der Waals surface area contributed by atoms with Crippen LogP contribution in [0.25, 0.3) is 0 Å². The molecule has 0 radical (unpaired) electrons. The SMILES string of the molecule is CCC(CC)OC(=O)[C@H](C)NP(=O)(OC[C@@H](O[C@H](CF)n1ccc(=O)[nH]c1=O)[C@@H](O)Cl)Oc1ccccc1. The van der Waals surface area contributed by atoms with Crippen molar-refractivity contribution in [1.82, 2.24) is 14.6 Å². The maximum absolute atomic E-state index is 13.7. The Balaban J connectivity index is 2.22. The number of hydrogen-bond donors (Lipinski definition) is 3. The van der Waals surface area contributed by atoms with Crippen LogP contribution < -0.4 is 20.9 Å². The Bertz CT molecular complexity index is 1180. The van der Waals surface area contributed by atoms with Crippen LogP contribution in [0.3, 0.4) is 0 Å². The number of halogens is 2. The number of aromatic nitrogens is 2. The van der Waals surface area contributed by atoms with Gasteiger partial charge in [0.2, 0.25) is 0 Å². The molecule has 15 heteroatoms. The number of hydrogen-bond acceptors (Lipinski definition) is 9. The normalized spacial score (nSPS) is 16.3. The first-order valence-electron chi connectivity index (χ1n) is 11.8. The number of carbonyl (C=O) groups excluding carboxylic acids is 1. The number of rotatable bonds is 16. The smallest absolute Gasteiger partial charge is 0.459 e. The first kappa shape index (κ1) is 31.7. The second kappa shape index (κ2) is 15.2. The lowest BCUT2D eigenvalue weighted by Gasteiger charge is -2.28. The third-order valence-corrected chi connectivity index (χ3v) is 7.13. The molecule has 0 fully saturated rings. The Morgan fingerprint density at radius 2 is 1.87 bits per heavy atom. The topological polar surface area (TPSA) is 158 Å². The molecule has 2 aromatic rings. The highest BCUT2D eigenvalue weighted by Gasteiger charge is 2.35. The first-order chi connectivity index (χ1) is 18.0. The molecule has 1 aromatic carbocycles. The van der Waals surface area contributed by atoms with Gasteiger partial charge >= 0.3 is 19.4 Å². The lowest BCUT2D eigenvalue weighted by atomic mass is 10.2. The number of para-hydroxylation sites is 1. The van der Waals surface area contributed by atoms with E-state index >= 15 is 0 Å². The summed E-state index contributed by atoms with van der Waals surface area (Å²) in [6, 6.07) is 7.77. The molecule has 0 spiro atoms. The van der Waals surface area contributed by atoms with Gasteiger partial charge in [-0.3, -0.25) is 23.7 Å². The van der Waals surface area contributed by atoms with Gasteiger partial charge in [-0.2, -0.15) is 5.09 Å². The molecule has 0 aliphatic carbocycles. The van der Waals surface area contributed by atoms with Crippen molar-refractivity contribution in [3.63, 3.8) is 0 Å². The number of aromatic amines is 1. The zero-order valence-electron chi connectivity index (χ0n) is 21.1. The maximum atomic E-state index is 13.7. The fourth-order valence-corrected chi connectivity index (χ4v) is 4.74. The first-order valence-corrected chi connectivity index (χ1v) is 13.8. The number of alkyl halides is 2. The van der Waals surface area contributed by atoms with Gasteiger partial charge in [0.1, 0.15) is 30.7 Å². The van der Waals surface area contributed by atoms with E-state index in [0.29, 0.717) is 12.8 Å². The highest BCUT2D eigenvalue weighted by molar-refractivity contribution is 7.52. The summed E-state index contributed by atoms with van der Waals surface area (Å²) in [5.74, 6) is -0.562. The van der Waals surface area contributed by atoms with E-state index in [1.807, 2.05) is 18.8 Å². The van der Waals surface area contributed by atoms with Gasteiger partial charge in [0.15, 0.2) is 11.8 Å². The summed E-state index contributed by atoms with van der Waals surface area (Å²) in [5, 5.41) is 12.5. The molecule has 1 aromatic heterocycles. The van der Waals surface area contributed by atoms with Gasteiger partial charge in [0.05, 0.1) is 6.61 Å². The largest absolute Gasteiger partial charge is 0.461 e. The van der Waals surface area contributed by atoms with E-state index in [0.717, 1.165) is 16.8 Å². The van der Waals surface area contributed by atoms with E-state index in [4.69, 9.17) is 30.1 Å². The van der Waals surface area contributed by atoms with E-state index < -0.39 is 62.2 Å². The minimum Gasteiger partial charge on any atom is -0.461 e. The van der Waals surface area contributed by atoms with Gasteiger partial charge in [-0.15, -0.1) is 0 Å². The molecule has 1 heterocycles. The Morgan fingerprint density at radius 3 is 2.42 bits per heavy atom. The van der Waals surface area contributed by atoms with Crippen LogP contribution in [0, 0.1) is 0 Å². The third kappa shape index (κ3) is 9.64. The van der Waals surface area contributed by atoms with Gasteiger partial charge in [0.25, 0.3) is 5.56 Å². The van der Waals surface area contributed by atoms with E-state index in [9.17, 15) is 28.4 Å². The molecule has 38 heavy (non-hydrogen) atoms. The summed E-state index contributed by atoms with van der Waals surface area (Å²) >= 11 is 5.79. The van der Waals surface area contributed by atoms with Gasteiger partial charge in [-0.05, 0) is 31.9 Å². The van der Waals surface area contributed by atoms with E-state index in [2.05, 4.69) is 5.09 Å². The summed E-state index contributed by atoms with van der Waals surface area (Å²) in [4.78, 5) is 37.8. The predicted octanol–water partition coefficient (Wildman–Crippen LogP) is 2.86. The molecule has 0 amide bonds. The number of benzene rings is 1. The van der Waals surface area contributed by atoms with Gasteiger partial charge < -0.3 is 19.1 Å². The van der Waals surface area contributed by atoms with Crippen molar-refractivity contribution in [1.29, 1.82) is 0 Å². The Labute approximate surface area is 223 Å². The summed E-state index contributed by atoms with van der Waals surface area (Å²) in [6.45, 7) is 3.15. The second-order valence-corrected chi connectivity index (χ2v) is 10.2. The highest BCUT2D eigenvalue weighted by atomic mass is 35.5. The number of H-pyrrole nitrogens is 1. The fraction of sp³-hybridized carbons (Fsp3) is 0.522. The van der Waals surface area contributed by atoms with Crippen LogP contribution in [0.4, 0.5) is 4.39 Å². The van der Waals surface area contributed by atoms with Gasteiger partial charge in [0, 0.05) is 12.3 Å². The monoisotopic (exact) mass is 579 g/mol. The van der Waals surface area contributed by atoms with Crippen molar-refractivity contribution < 1.29 is 37.4 Å². The molecule has 12 nitrogen and oxygen atoms in total. The quantitative estimate of drug-likeness (QED) is 0.153. The van der Waals surface area contributed by atoms with Crippen LogP contribution in [0.2, 0.25) is 0 Å².